The summed E-state index contributed by atoms with van der Waals surface area (Å²) in [5.74, 6) is 0.279. The molecule has 4 heteroatoms. The number of hydrogen-bond donors (Lipinski definition) is 1. The molecule has 0 radical (unpaired) electrons. The molecule has 0 bridgehead atoms. The molecule has 2 aliphatic heterocycles. The van der Waals surface area contributed by atoms with Gasteiger partial charge in [0.2, 0.25) is 5.91 Å². The summed E-state index contributed by atoms with van der Waals surface area (Å²) < 4.78 is 5.66. The van der Waals surface area contributed by atoms with Crippen molar-refractivity contribution in [3.8, 4) is 0 Å². The summed E-state index contributed by atoms with van der Waals surface area (Å²) in [6.45, 7) is 5.41. The number of carbonyl (C=O) groups excluding carboxylic acids is 1. The van der Waals surface area contributed by atoms with Crippen molar-refractivity contribution in [3.05, 3.63) is 0 Å². The summed E-state index contributed by atoms with van der Waals surface area (Å²) in [6, 6.07) is 0. The Hall–Kier alpha value is -0.610. The Labute approximate surface area is 110 Å². The lowest BCUT2D eigenvalue weighted by Crippen LogP contribution is -2.35. The first kappa shape index (κ1) is 13.8. The first-order valence-corrected chi connectivity index (χ1v) is 7.22. The number of rotatable bonds is 4. The summed E-state index contributed by atoms with van der Waals surface area (Å²) in [4.78, 5) is 14.1. The molecule has 0 aromatic carbocycles. The van der Waals surface area contributed by atoms with Crippen LogP contribution in [0.1, 0.15) is 45.4 Å². The van der Waals surface area contributed by atoms with Crippen molar-refractivity contribution >= 4 is 5.91 Å². The first-order chi connectivity index (χ1) is 8.63. The van der Waals surface area contributed by atoms with E-state index >= 15 is 0 Å². The van der Waals surface area contributed by atoms with Crippen LogP contribution in [0.15, 0.2) is 0 Å². The van der Waals surface area contributed by atoms with Gasteiger partial charge >= 0.3 is 0 Å². The van der Waals surface area contributed by atoms with Crippen molar-refractivity contribution < 1.29 is 9.53 Å². The molecule has 0 aromatic heterocycles. The van der Waals surface area contributed by atoms with Crippen LogP contribution >= 0.6 is 0 Å². The summed E-state index contributed by atoms with van der Waals surface area (Å²) in [5, 5.41) is 0. The Morgan fingerprint density at radius 3 is 2.94 bits per heavy atom. The van der Waals surface area contributed by atoms with Crippen molar-refractivity contribution in [1.29, 1.82) is 0 Å². The van der Waals surface area contributed by atoms with Gasteiger partial charge in [-0.05, 0) is 44.1 Å². The summed E-state index contributed by atoms with van der Waals surface area (Å²) in [7, 11) is 0. The van der Waals surface area contributed by atoms with Crippen molar-refractivity contribution in [2.45, 2.75) is 51.6 Å². The highest BCUT2D eigenvalue weighted by Crippen LogP contribution is 2.29. The number of carbonyl (C=O) groups is 1. The maximum atomic E-state index is 12.1. The Morgan fingerprint density at radius 1 is 1.50 bits per heavy atom. The third-order valence-corrected chi connectivity index (χ3v) is 4.36. The fraction of sp³-hybridized carbons (Fsp3) is 0.929. The minimum atomic E-state index is 0.136. The molecule has 2 heterocycles. The summed E-state index contributed by atoms with van der Waals surface area (Å²) in [6.07, 6.45) is 6.40. The number of likely N-dealkylation sites (tertiary alicyclic amines) is 1. The monoisotopic (exact) mass is 254 g/mol. The van der Waals surface area contributed by atoms with Crippen LogP contribution < -0.4 is 5.73 Å². The zero-order chi connectivity index (χ0) is 13.0. The molecule has 0 aliphatic carbocycles. The van der Waals surface area contributed by atoms with Gasteiger partial charge in [0.1, 0.15) is 0 Å². The zero-order valence-electron chi connectivity index (χ0n) is 11.5. The minimum absolute atomic E-state index is 0.136. The molecule has 0 saturated carbocycles. The lowest BCUT2D eigenvalue weighted by molar-refractivity contribution is -0.131. The van der Waals surface area contributed by atoms with E-state index in [9.17, 15) is 4.79 Å². The largest absolute Gasteiger partial charge is 0.378 e. The molecule has 2 saturated heterocycles. The van der Waals surface area contributed by atoms with Crippen LogP contribution in [-0.2, 0) is 9.53 Å². The van der Waals surface area contributed by atoms with E-state index in [4.69, 9.17) is 10.5 Å². The molecular weight excluding hydrogens is 228 g/mol. The lowest BCUT2D eigenvalue weighted by Gasteiger charge is -2.25. The van der Waals surface area contributed by atoms with Crippen molar-refractivity contribution in [1.82, 2.24) is 4.90 Å². The van der Waals surface area contributed by atoms with E-state index in [1.165, 1.54) is 12.8 Å². The Kier molecular flexibility index (Phi) is 4.62. The number of nitrogens with zero attached hydrogens (tertiary/aromatic N) is 1. The predicted octanol–water partition coefficient (Wildman–Crippen LogP) is 1.53. The smallest absolute Gasteiger partial charge is 0.222 e. The van der Waals surface area contributed by atoms with Gasteiger partial charge in [0.15, 0.2) is 0 Å². The third-order valence-electron chi connectivity index (χ3n) is 4.36. The molecule has 2 N–H and O–H groups in total. The third kappa shape index (κ3) is 3.45. The van der Waals surface area contributed by atoms with Gasteiger partial charge in [-0.1, -0.05) is 6.92 Å². The average Bonchev–Trinajstić information content (AvgIpc) is 2.81. The normalized spacial score (nSPS) is 32.8. The minimum Gasteiger partial charge on any atom is -0.378 e. The van der Waals surface area contributed by atoms with Gasteiger partial charge in [-0.25, -0.2) is 0 Å². The van der Waals surface area contributed by atoms with Crippen molar-refractivity contribution in [3.63, 3.8) is 0 Å². The molecule has 0 spiro atoms. The standard InChI is InChI=1S/C14H26N2O2/c1-14(10-15)7-8-16(11-14)13(17)6-5-12-4-2-3-9-18-12/h12H,2-11,15H2,1H3. The molecular formula is C14H26N2O2. The first-order valence-electron chi connectivity index (χ1n) is 7.22. The second-order valence-electron chi connectivity index (χ2n) is 6.11. The van der Waals surface area contributed by atoms with Crippen LogP contribution in [0.3, 0.4) is 0 Å². The van der Waals surface area contributed by atoms with Crippen LogP contribution in [0.2, 0.25) is 0 Å². The maximum Gasteiger partial charge on any atom is 0.222 e. The maximum absolute atomic E-state index is 12.1. The molecule has 2 aliphatic rings. The molecule has 2 atom stereocenters. The van der Waals surface area contributed by atoms with E-state index in [0.29, 0.717) is 19.1 Å². The average molecular weight is 254 g/mol. The van der Waals surface area contributed by atoms with Crippen molar-refractivity contribution in [2.75, 3.05) is 26.2 Å². The highest BCUT2D eigenvalue weighted by molar-refractivity contribution is 5.76. The van der Waals surface area contributed by atoms with Gasteiger partial charge in [0.05, 0.1) is 6.10 Å². The topological polar surface area (TPSA) is 55.6 Å². The Balaban J connectivity index is 1.72. The van der Waals surface area contributed by atoms with Gasteiger partial charge in [-0.3, -0.25) is 4.79 Å². The van der Waals surface area contributed by atoms with E-state index in [2.05, 4.69) is 6.92 Å². The second-order valence-corrected chi connectivity index (χ2v) is 6.11. The summed E-state index contributed by atoms with van der Waals surface area (Å²) >= 11 is 0. The fourth-order valence-electron chi connectivity index (χ4n) is 2.88. The quantitative estimate of drug-likeness (QED) is 0.828. The second kappa shape index (κ2) is 6.02. The van der Waals surface area contributed by atoms with E-state index in [-0.39, 0.29) is 11.3 Å². The Morgan fingerprint density at radius 2 is 2.33 bits per heavy atom. The molecule has 4 nitrogen and oxygen atoms in total. The molecule has 1 amide bonds. The molecule has 2 fully saturated rings. The Bertz CT molecular complexity index is 290. The number of amides is 1. The van der Waals surface area contributed by atoms with Crippen molar-refractivity contribution in [2.24, 2.45) is 11.1 Å². The van der Waals surface area contributed by atoms with E-state index in [1.807, 2.05) is 4.90 Å². The van der Waals surface area contributed by atoms with Crippen LogP contribution in [0.5, 0.6) is 0 Å². The van der Waals surface area contributed by atoms with Crippen LogP contribution in [0, 0.1) is 5.41 Å². The molecule has 2 unspecified atom stereocenters. The molecule has 18 heavy (non-hydrogen) atoms. The molecule has 0 aromatic rings. The van der Waals surface area contributed by atoms with E-state index in [0.717, 1.165) is 39.0 Å². The molecule has 2 rings (SSSR count). The summed E-state index contributed by atoms with van der Waals surface area (Å²) in [5.41, 5.74) is 5.90. The number of hydrogen-bond acceptors (Lipinski definition) is 3. The van der Waals surface area contributed by atoms with Gasteiger partial charge in [0.25, 0.3) is 0 Å². The molecule has 104 valence electrons. The predicted molar refractivity (Wildman–Crippen MR) is 71.2 cm³/mol. The van der Waals surface area contributed by atoms with Gasteiger partial charge in [0, 0.05) is 26.1 Å². The van der Waals surface area contributed by atoms with Crippen LogP contribution in [0.25, 0.3) is 0 Å². The van der Waals surface area contributed by atoms with Gasteiger partial charge < -0.3 is 15.4 Å². The van der Waals surface area contributed by atoms with Crippen LogP contribution in [-0.4, -0.2) is 43.2 Å². The SMILES string of the molecule is CC1(CN)CCN(C(=O)CCC2CCCCO2)C1. The fourth-order valence-corrected chi connectivity index (χ4v) is 2.88. The van der Waals surface area contributed by atoms with Gasteiger partial charge in [-0.15, -0.1) is 0 Å². The number of ether oxygens (including phenoxy) is 1. The van der Waals surface area contributed by atoms with Gasteiger partial charge in [-0.2, -0.15) is 0 Å². The van der Waals surface area contributed by atoms with E-state index < -0.39 is 0 Å². The highest BCUT2D eigenvalue weighted by atomic mass is 16.5. The number of nitrogens with two attached hydrogens (primary N) is 1. The van der Waals surface area contributed by atoms with E-state index in [1.54, 1.807) is 0 Å². The highest BCUT2D eigenvalue weighted by Gasteiger charge is 2.34. The lowest BCUT2D eigenvalue weighted by atomic mass is 9.90. The zero-order valence-corrected chi connectivity index (χ0v) is 11.5. The van der Waals surface area contributed by atoms with Crippen LogP contribution in [0.4, 0.5) is 0 Å².